The highest BCUT2D eigenvalue weighted by atomic mass is 35.5. The molecule has 0 radical (unpaired) electrons. The number of benzene rings is 1. The molecule has 0 bridgehead atoms. The number of carbonyl (C=O) groups is 1. The molecule has 0 aliphatic rings. The number of carbonyl (C=O) groups excluding carboxylic acids is 1. The van der Waals surface area contributed by atoms with Crippen molar-refractivity contribution in [1.29, 1.82) is 0 Å². The first kappa shape index (κ1) is 17.6. The maximum Gasteiger partial charge on any atom is 0.324 e. The minimum atomic E-state index is -4.27. The van der Waals surface area contributed by atoms with E-state index in [1.165, 1.54) is 18.2 Å². The number of hydrogen-bond acceptors (Lipinski definition) is 2. The van der Waals surface area contributed by atoms with Crippen LogP contribution in [-0.4, -0.2) is 31.3 Å². The fourth-order valence-corrected chi connectivity index (χ4v) is 1.66. The van der Waals surface area contributed by atoms with Crippen molar-refractivity contribution in [1.82, 2.24) is 5.32 Å². The maximum absolute atomic E-state index is 12.8. The standard InChI is InChI=1S/C13H15ClF4N2O/c1-2-5-19-10-4-3-8(14)6-9(10)11(21)20-7-13(17,18)12(15)16/h3-4,6,12,19H,2,5,7H2,1H3,(H,20,21). The Bertz CT molecular complexity index is 497. The van der Waals surface area contributed by atoms with Crippen LogP contribution in [0.2, 0.25) is 5.02 Å². The molecule has 1 aromatic rings. The van der Waals surface area contributed by atoms with Gasteiger partial charge in [0.2, 0.25) is 0 Å². The molecule has 0 fully saturated rings. The lowest BCUT2D eigenvalue weighted by atomic mass is 10.1. The molecule has 2 N–H and O–H groups in total. The van der Waals surface area contributed by atoms with E-state index in [9.17, 15) is 22.4 Å². The Hall–Kier alpha value is -1.50. The SMILES string of the molecule is CCCNc1ccc(Cl)cc1C(=O)NCC(F)(F)C(F)F. The smallest absolute Gasteiger partial charge is 0.324 e. The van der Waals surface area contributed by atoms with Crippen LogP contribution in [0.1, 0.15) is 23.7 Å². The second-order valence-electron chi connectivity index (χ2n) is 4.36. The lowest BCUT2D eigenvalue weighted by molar-refractivity contribution is -0.123. The third-order valence-corrected chi connectivity index (χ3v) is 2.83. The molecule has 8 heteroatoms. The average molecular weight is 327 g/mol. The molecule has 3 nitrogen and oxygen atoms in total. The van der Waals surface area contributed by atoms with E-state index in [2.05, 4.69) is 5.32 Å². The zero-order chi connectivity index (χ0) is 16.0. The van der Waals surface area contributed by atoms with Crippen molar-refractivity contribution in [3.63, 3.8) is 0 Å². The lowest BCUT2D eigenvalue weighted by Gasteiger charge is -2.17. The predicted molar refractivity (Wildman–Crippen MR) is 73.5 cm³/mol. The fourth-order valence-electron chi connectivity index (χ4n) is 1.49. The summed E-state index contributed by atoms with van der Waals surface area (Å²) in [5.41, 5.74) is 0.431. The molecule has 0 saturated carbocycles. The first-order chi connectivity index (χ1) is 9.77. The molecule has 1 aromatic carbocycles. The number of anilines is 1. The summed E-state index contributed by atoms with van der Waals surface area (Å²) >= 11 is 5.76. The van der Waals surface area contributed by atoms with Gasteiger partial charge in [0.05, 0.1) is 12.1 Å². The van der Waals surface area contributed by atoms with E-state index >= 15 is 0 Å². The molecule has 0 saturated heterocycles. The second kappa shape index (κ2) is 7.49. The van der Waals surface area contributed by atoms with Gasteiger partial charge in [0.15, 0.2) is 0 Å². The van der Waals surface area contributed by atoms with Crippen LogP contribution in [0, 0.1) is 0 Å². The number of nitrogens with one attached hydrogen (secondary N) is 2. The molecule has 21 heavy (non-hydrogen) atoms. The van der Waals surface area contributed by atoms with Crippen molar-refractivity contribution in [2.45, 2.75) is 25.7 Å². The van der Waals surface area contributed by atoms with Gasteiger partial charge in [-0.15, -0.1) is 0 Å². The van der Waals surface area contributed by atoms with Crippen molar-refractivity contribution < 1.29 is 22.4 Å². The average Bonchev–Trinajstić information content (AvgIpc) is 2.43. The van der Waals surface area contributed by atoms with Crippen LogP contribution in [0.4, 0.5) is 23.2 Å². The summed E-state index contributed by atoms with van der Waals surface area (Å²) in [5, 5.41) is 4.97. The van der Waals surface area contributed by atoms with Gasteiger partial charge in [-0.05, 0) is 24.6 Å². The van der Waals surface area contributed by atoms with Crippen LogP contribution in [0.5, 0.6) is 0 Å². The van der Waals surface area contributed by atoms with E-state index < -0.39 is 24.8 Å². The lowest BCUT2D eigenvalue weighted by Crippen LogP contribution is -2.41. The van der Waals surface area contributed by atoms with E-state index in [1.54, 1.807) is 5.32 Å². The largest absolute Gasteiger partial charge is 0.384 e. The molecule has 118 valence electrons. The summed E-state index contributed by atoms with van der Waals surface area (Å²) in [6.07, 6.45) is -3.05. The van der Waals surface area contributed by atoms with Crippen LogP contribution < -0.4 is 10.6 Å². The highest BCUT2D eigenvalue weighted by Crippen LogP contribution is 2.23. The highest BCUT2D eigenvalue weighted by Gasteiger charge is 2.40. The van der Waals surface area contributed by atoms with Crippen molar-refractivity contribution in [3.05, 3.63) is 28.8 Å². The van der Waals surface area contributed by atoms with E-state index in [-0.39, 0.29) is 10.6 Å². The maximum atomic E-state index is 12.8. The van der Waals surface area contributed by atoms with Gasteiger partial charge in [0.25, 0.3) is 5.91 Å². The van der Waals surface area contributed by atoms with Gasteiger partial charge in [-0.2, -0.15) is 8.78 Å². The zero-order valence-corrected chi connectivity index (χ0v) is 12.0. The monoisotopic (exact) mass is 326 g/mol. The third kappa shape index (κ3) is 5.08. The Kier molecular flexibility index (Phi) is 6.26. The Morgan fingerprint density at radius 2 is 2.05 bits per heavy atom. The van der Waals surface area contributed by atoms with Gasteiger partial charge in [-0.25, -0.2) is 8.78 Å². The Balaban J connectivity index is 2.83. The summed E-state index contributed by atoms with van der Waals surface area (Å²) in [6, 6.07) is 4.34. The summed E-state index contributed by atoms with van der Waals surface area (Å²) in [5.74, 6) is -5.16. The molecule has 1 rings (SSSR count). The first-order valence-corrected chi connectivity index (χ1v) is 6.63. The van der Waals surface area contributed by atoms with Crippen LogP contribution in [0.25, 0.3) is 0 Å². The number of rotatable bonds is 7. The molecule has 0 aromatic heterocycles. The van der Waals surface area contributed by atoms with Gasteiger partial charge in [0.1, 0.15) is 0 Å². The second-order valence-corrected chi connectivity index (χ2v) is 4.80. The van der Waals surface area contributed by atoms with Crippen molar-refractivity contribution in [3.8, 4) is 0 Å². The van der Waals surface area contributed by atoms with Gasteiger partial charge < -0.3 is 10.6 Å². The topological polar surface area (TPSA) is 41.1 Å². The molecule has 0 spiro atoms. The quantitative estimate of drug-likeness (QED) is 0.748. The summed E-state index contributed by atoms with van der Waals surface area (Å²) < 4.78 is 49.7. The van der Waals surface area contributed by atoms with E-state index in [0.717, 1.165) is 6.42 Å². The van der Waals surface area contributed by atoms with Crippen LogP contribution in [0.15, 0.2) is 18.2 Å². The third-order valence-electron chi connectivity index (χ3n) is 2.60. The molecule has 0 heterocycles. The highest BCUT2D eigenvalue weighted by molar-refractivity contribution is 6.31. The molecule has 0 unspecified atom stereocenters. The molecular weight excluding hydrogens is 312 g/mol. The summed E-state index contributed by atoms with van der Waals surface area (Å²) in [4.78, 5) is 11.9. The molecular formula is C13H15ClF4N2O. The molecule has 0 aliphatic carbocycles. The Morgan fingerprint density at radius 3 is 2.62 bits per heavy atom. The van der Waals surface area contributed by atoms with Gasteiger partial charge >= 0.3 is 12.3 Å². The van der Waals surface area contributed by atoms with E-state index in [4.69, 9.17) is 11.6 Å². The van der Waals surface area contributed by atoms with Gasteiger partial charge in [-0.3, -0.25) is 4.79 Å². The first-order valence-electron chi connectivity index (χ1n) is 6.25. The minimum absolute atomic E-state index is 0.0287. The zero-order valence-electron chi connectivity index (χ0n) is 11.2. The van der Waals surface area contributed by atoms with Crippen LogP contribution in [0.3, 0.4) is 0 Å². The molecule has 0 aliphatic heterocycles. The van der Waals surface area contributed by atoms with Crippen molar-refractivity contribution >= 4 is 23.2 Å². The van der Waals surface area contributed by atoms with E-state index in [0.29, 0.717) is 12.2 Å². The summed E-state index contributed by atoms with van der Waals surface area (Å²) in [6.45, 7) is 1.03. The Morgan fingerprint density at radius 1 is 1.38 bits per heavy atom. The normalized spacial score (nSPS) is 11.6. The van der Waals surface area contributed by atoms with Crippen molar-refractivity contribution in [2.75, 3.05) is 18.4 Å². The number of alkyl halides is 4. The minimum Gasteiger partial charge on any atom is -0.384 e. The molecule has 0 atom stereocenters. The fraction of sp³-hybridized carbons (Fsp3) is 0.462. The van der Waals surface area contributed by atoms with Gasteiger partial charge in [-0.1, -0.05) is 18.5 Å². The van der Waals surface area contributed by atoms with E-state index in [1.807, 2.05) is 6.92 Å². The summed E-state index contributed by atoms with van der Waals surface area (Å²) in [7, 11) is 0. The molecule has 1 amide bonds. The predicted octanol–water partition coefficient (Wildman–Crippen LogP) is 3.79. The van der Waals surface area contributed by atoms with Crippen molar-refractivity contribution in [2.24, 2.45) is 0 Å². The Labute approximate surface area is 124 Å². The number of halogens is 5. The number of amides is 1. The van der Waals surface area contributed by atoms with Gasteiger partial charge in [0, 0.05) is 17.3 Å². The number of hydrogen-bond donors (Lipinski definition) is 2. The van der Waals surface area contributed by atoms with Crippen LogP contribution in [-0.2, 0) is 0 Å². The van der Waals surface area contributed by atoms with Crippen LogP contribution >= 0.6 is 11.6 Å².